The van der Waals surface area contributed by atoms with Gasteiger partial charge in [-0.1, -0.05) is 17.7 Å². The number of nitrogens with one attached hydrogen (secondary N) is 2. The average Bonchev–Trinajstić information content (AvgIpc) is 2.61. The highest BCUT2D eigenvalue weighted by molar-refractivity contribution is 7.89. The van der Waals surface area contributed by atoms with Crippen molar-refractivity contribution in [2.75, 3.05) is 19.0 Å². The molecule has 29 heavy (non-hydrogen) atoms. The fourth-order valence-electron chi connectivity index (χ4n) is 2.40. The number of amides is 1. The van der Waals surface area contributed by atoms with Crippen LogP contribution in [0, 0.1) is 6.92 Å². The number of alkyl halides is 3. The molecule has 0 aliphatic carbocycles. The predicted octanol–water partition coefficient (Wildman–Crippen LogP) is 3.98. The second kappa shape index (κ2) is 9.02. The second-order valence-corrected chi connectivity index (χ2v) is 8.21. The summed E-state index contributed by atoms with van der Waals surface area (Å²) in [5.41, 5.74) is 0.0456. The van der Waals surface area contributed by atoms with Gasteiger partial charge in [0.2, 0.25) is 15.9 Å². The van der Waals surface area contributed by atoms with Crippen molar-refractivity contribution in [1.29, 1.82) is 0 Å². The molecule has 0 saturated carbocycles. The van der Waals surface area contributed by atoms with Gasteiger partial charge >= 0.3 is 6.18 Å². The molecule has 0 radical (unpaired) electrons. The van der Waals surface area contributed by atoms with Gasteiger partial charge in [-0.3, -0.25) is 4.79 Å². The number of rotatable bonds is 7. The number of hydrogen-bond acceptors (Lipinski definition) is 4. The van der Waals surface area contributed by atoms with Crippen LogP contribution in [0.2, 0.25) is 5.02 Å². The van der Waals surface area contributed by atoms with Crippen LogP contribution in [-0.4, -0.2) is 28.0 Å². The Morgan fingerprint density at radius 3 is 2.48 bits per heavy atom. The number of methoxy groups -OCH3 is 1. The summed E-state index contributed by atoms with van der Waals surface area (Å²) in [6, 6.07) is 7.42. The van der Waals surface area contributed by atoms with Gasteiger partial charge in [-0.05, 0) is 42.8 Å². The van der Waals surface area contributed by atoms with E-state index in [1.807, 2.05) is 6.92 Å². The van der Waals surface area contributed by atoms with Crippen molar-refractivity contribution in [3.8, 4) is 5.75 Å². The molecule has 0 unspecified atom stereocenters. The van der Waals surface area contributed by atoms with E-state index in [-0.39, 0.29) is 13.0 Å². The Kier molecular flexibility index (Phi) is 7.15. The van der Waals surface area contributed by atoms with Crippen LogP contribution in [0.4, 0.5) is 18.9 Å². The maximum atomic E-state index is 12.9. The van der Waals surface area contributed by atoms with E-state index in [1.54, 1.807) is 18.2 Å². The lowest BCUT2D eigenvalue weighted by molar-refractivity contribution is -0.137. The standard InChI is InChI=1S/C18H18ClF3N2O4S/c1-11-3-6-16(28-2)15(9-11)24-17(25)7-8-23-29(26,27)12-4-5-14(19)13(10-12)18(20,21)22/h3-6,9-10,23H,7-8H2,1-2H3,(H,24,25). The zero-order chi connectivity index (χ0) is 21.8. The van der Waals surface area contributed by atoms with Crippen LogP contribution in [0.3, 0.4) is 0 Å². The first-order chi connectivity index (χ1) is 13.4. The van der Waals surface area contributed by atoms with Gasteiger partial charge in [0.25, 0.3) is 0 Å². The van der Waals surface area contributed by atoms with Gasteiger partial charge in [-0.15, -0.1) is 0 Å². The van der Waals surface area contributed by atoms with Crippen LogP contribution in [-0.2, 0) is 21.0 Å². The predicted molar refractivity (Wildman–Crippen MR) is 103 cm³/mol. The smallest absolute Gasteiger partial charge is 0.417 e. The maximum Gasteiger partial charge on any atom is 0.417 e. The van der Waals surface area contributed by atoms with E-state index >= 15 is 0 Å². The van der Waals surface area contributed by atoms with Gasteiger partial charge in [0.1, 0.15) is 5.75 Å². The zero-order valence-corrected chi connectivity index (χ0v) is 17.0. The Hall–Kier alpha value is -2.30. The highest BCUT2D eigenvalue weighted by Gasteiger charge is 2.34. The number of ether oxygens (including phenoxy) is 1. The number of benzene rings is 2. The molecule has 2 N–H and O–H groups in total. The van der Waals surface area contributed by atoms with Gasteiger partial charge < -0.3 is 10.1 Å². The Morgan fingerprint density at radius 1 is 1.17 bits per heavy atom. The first-order valence-corrected chi connectivity index (χ1v) is 10.1. The molecule has 0 saturated heterocycles. The lowest BCUT2D eigenvalue weighted by Gasteiger charge is -2.13. The van der Waals surface area contributed by atoms with Crippen LogP contribution in [0.25, 0.3) is 0 Å². The highest BCUT2D eigenvalue weighted by Crippen LogP contribution is 2.35. The van der Waals surface area contributed by atoms with Crippen molar-refractivity contribution in [3.05, 3.63) is 52.5 Å². The molecule has 0 spiro atoms. The van der Waals surface area contributed by atoms with Crippen LogP contribution >= 0.6 is 11.6 Å². The molecule has 0 bridgehead atoms. The number of sulfonamides is 1. The van der Waals surface area contributed by atoms with Gasteiger partial charge in [0.05, 0.1) is 28.3 Å². The number of anilines is 1. The van der Waals surface area contributed by atoms with Crippen LogP contribution in [0.1, 0.15) is 17.5 Å². The van der Waals surface area contributed by atoms with Gasteiger partial charge in [-0.2, -0.15) is 13.2 Å². The largest absolute Gasteiger partial charge is 0.495 e. The minimum Gasteiger partial charge on any atom is -0.495 e. The summed E-state index contributed by atoms with van der Waals surface area (Å²) in [6.07, 6.45) is -5.04. The van der Waals surface area contributed by atoms with Gasteiger partial charge in [0, 0.05) is 13.0 Å². The van der Waals surface area contributed by atoms with Crippen molar-refractivity contribution < 1.29 is 31.1 Å². The molecular weight excluding hydrogens is 433 g/mol. The monoisotopic (exact) mass is 450 g/mol. The van der Waals surface area contributed by atoms with E-state index < -0.39 is 37.6 Å². The molecule has 1 amide bonds. The van der Waals surface area contributed by atoms with Crippen molar-refractivity contribution in [2.24, 2.45) is 0 Å². The van der Waals surface area contributed by atoms with E-state index in [0.29, 0.717) is 17.5 Å². The highest BCUT2D eigenvalue weighted by atomic mass is 35.5. The molecule has 0 aliphatic heterocycles. The minimum atomic E-state index is -4.80. The fraction of sp³-hybridized carbons (Fsp3) is 0.278. The van der Waals surface area contributed by atoms with E-state index in [4.69, 9.17) is 16.3 Å². The van der Waals surface area contributed by atoms with Crippen molar-refractivity contribution in [2.45, 2.75) is 24.4 Å². The minimum absolute atomic E-state index is 0.240. The van der Waals surface area contributed by atoms with Crippen molar-refractivity contribution >= 4 is 33.2 Å². The summed E-state index contributed by atoms with van der Waals surface area (Å²) >= 11 is 5.49. The number of carbonyl (C=O) groups excluding carboxylic acids is 1. The fourth-order valence-corrected chi connectivity index (χ4v) is 3.69. The first-order valence-electron chi connectivity index (χ1n) is 8.25. The number of aryl methyl sites for hydroxylation is 1. The molecular formula is C18H18ClF3N2O4S. The molecule has 0 atom stereocenters. The van der Waals surface area contributed by atoms with Crippen molar-refractivity contribution in [1.82, 2.24) is 4.72 Å². The normalized spacial score (nSPS) is 11.9. The summed E-state index contributed by atoms with van der Waals surface area (Å²) in [5.74, 6) is -0.0611. The molecule has 2 aromatic rings. The van der Waals surface area contributed by atoms with E-state index in [1.165, 1.54) is 7.11 Å². The maximum absolute atomic E-state index is 12.9. The zero-order valence-electron chi connectivity index (χ0n) is 15.4. The lowest BCUT2D eigenvalue weighted by Crippen LogP contribution is -2.28. The number of halogens is 4. The van der Waals surface area contributed by atoms with Crippen molar-refractivity contribution in [3.63, 3.8) is 0 Å². The molecule has 11 heteroatoms. The van der Waals surface area contributed by atoms with E-state index in [0.717, 1.165) is 17.7 Å². The van der Waals surface area contributed by atoms with Crippen LogP contribution in [0.15, 0.2) is 41.3 Å². The Bertz CT molecular complexity index is 1010. The Morgan fingerprint density at radius 2 is 1.86 bits per heavy atom. The molecule has 6 nitrogen and oxygen atoms in total. The molecule has 158 valence electrons. The molecule has 0 aromatic heterocycles. The molecule has 0 fully saturated rings. The summed E-state index contributed by atoms with van der Waals surface area (Å²) in [7, 11) is -2.82. The van der Waals surface area contributed by atoms with Crippen LogP contribution < -0.4 is 14.8 Å². The Balaban J connectivity index is 2.03. The quantitative estimate of drug-likeness (QED) is 0.668. The SMILES string of the molecule is COc1ccc(C)cc1NC(=O)CCNS(=O)(=O)c1ccc(Cl)c(C(F)(F)F)c1. The van der Waals surface area contributed by atoms with Gasteiger partial charge in [-0.25, -0.2) is 13.1 Å². The summed E-state index contributed by atoms with van der Waals surface area (Å²) in [4.78, 5) is 11.5. The topological polar surface area (TPSA) is 84.5 Å². The number of hydrogen-bond donors (Lipinski definition) is 2. The number of carbonyl (C=O) groups is 1. The molecule has 2 rings (SSSR count). The second-order valence-electron chi connectivity index (χ2n) is 6.04. The molecule has 0 heterocycles. The Labute approximate surface area is 171 Å². The summed E-state index contributed by atoms with van der Waals surface area (Å²) < 4.78 is 70.4. The van der Waals surface area contributed by atoms with Crippen LogP contribution in [0.5, 0.6) is 5.75 Å². The third-order valence-corrected chi connectivity index (χ3v) is 5.62. The third kappa shape index (κ3) is 6.09. The summed E-state index contributed by atoms with van der Waals surface area (Å²) in [6.45, 7) is 1.51. The lowest BCUT2D eigenvalue weighted by atomic mass is 10.2. The average molecular weight is 451 g/mol. The van der Waals surface area contributed by atoms with E-state index in [9.17, 15) is 26.4 Å². The van der Waals surface area contributed by atoms with E-state index in [2.05, 4.69) is 10.0 Å². The molecule has 0 aliphatic rings. The first kappa shape index (κ1) is 23.0. The summed E-state index contributed by atoms with van der Waals surface area (Å²) in [5, 5.41) is 1.99. The molecule has 2 aromatic carbocycles. The third-order valence-electron chi connectivity index (χ3n) is 3.83. The van der Waals surface area contributed by atoms with Gasteiger partial charge in [0.15, 0.2) is 0 Å².